The Balaban J connectivity index is 1.43. The van der Waals surface area contributed by atoms with Gasteiger partial charge < -0.3 is 39.0 Å². The van der Waals surface area contributed by atoms with Crippen molar-refractivity contribution in [1.82, 2.24) is 0 Å². The van der Waals surface area contributed by atoms with Crippen molar-refractivity contribution in [3.63, 3.8) is 0 Å². The normalized spacial score (nSPS) is 21.8. The van der Waals surface area contributed by atoms with E-state index in [-0.39, 0.29) is 19.6 Å². The predicted molar refractivity (Wildman–Crippen MR) is 107 cm³/mol. The van der Waals surface area contributed by atoms with Gasteiger partial charge in [0, 0.05) is 11.1 Å². The van der Waals surface area contributed by atoms with E-state index in [2.05, 4.69) is 0 Å². The van der Waals surface area contributed by atoms with Gasteiger partial charge in [-0.05, 0) is 30.7 Å². The Morgan fingerprint density at radius 2 is 1.53 bits per heavy atom. The molecule has 3 N–H and O–H groups in total. The molecular weight excluding hydrogens is 392 g/mol. The molecule has 1 aliphatic rings. The SMILES string of the molecule is COc1ccc(C(O)OCCC(O)C(O)C2COC(c3ccc(OC)cc3)O2)cc1. The van der Waals surface area contributed by atoms with Crippen LogP contribution in [0.2, 0.25) is 0 Å². The fourth-order valence-corrected chi connectivity index (χ4v) is 3.12. The summed E-state index contributed by atoms with van der Waals surface area (Å²) in [5, 5.41) is 30.8. The van der Waals surface area contributed by atoms with Crippen LogP contribution < -0.4 is 9.47 Å². The Hall–Kier alpha value is -2.20. The summed E-state index contributed by atoms with van der Waals surface area (Å²) >= 11 is 0. The van der Waals surface area contributed by atoms with Crippen LogP contribution in [0.1, 0.15) is 30.1 Å². The Morgan fingerprint density at radius 3 is 2.13 bits per heavy atom. The zero-order valence-electron chi connectivity index (χ0n) is 17.0. The van der Waals surface area contributed by atoms with Crippen LogP contribution in [-0.4, -0.2) is 61.1 Å². The van der Waals surface area contributed by atoms with Crippen molar-refractivity contribution in [2.75, 3.05) is 27.4 Å². The maximum atomic E-state index is 10.4. The molecule has 2 aromatic carbocycles. The molecule has 164 valence electrons. The molecule has 2 aromatic rings. The summed E-state index contributed by atoms with van der Waals surface area (Å²) in [6.45, 7) is 0.213. The van der Waals surface area contributed by atoms with Crippen molar-refractivity contribution in [2.45, 2.75) is 37.3 Å². The fraction of sp³-hybridized carbons (Fsp3) is 0.455. The predicted octanol–water partition coefficient (Wildman–Crippen LogP) is 1.94. The fourth-order valence-electron chi connectivity index (χ4n) is 3.12. The van der Waals surface area contributed by atoms with Gasteiger partial charge >= 0.3 is 0 Å². The van der Waals surface area contributed by atoms with Gasteiger partial charge in [-0.25, -0.2) is 0 Å². The van der Waals surface area contributed by atoms with Crippen molar-refractivity contribution in [2.24, 2.45) is 0 Å². The minimum absolute atomic E-state index is 0.0565. The number of rotatable bonds is 10. The maximum Gasteiger partial charge on any atom is 0.184 e. The molecule has 0 saturated carbocycles. The van der Waals surface area contributed by atoms with E-state index >= 15 is 0 Å². The average Bonchev–Trinajstić information content (AvgIpc) is 3.28. The van der Waals surface area contributed by atoms with E-state index in [4.69, 9.17) is 23.7 Å². The lowest BCUT2D eigenvalue weighted by molar-refractivity contribution is -0.129. The summed E-state index contributed by atoms with van der Waals surface area (Å²) in [6.07, 6.45) is -4.52. The largest absolute Gasteiger partial charge is 0.497 e. The van der Waals surface area contributed by atoms with Crippen LogP contribution in [0, 0.1) is 0 Å². The molecule has 1 aliphatic heterocycles. The molecule has 0 spiro atoms. The highest BCUT2D eigenvalue weighted by Gasteiger charge is 2.35. The number of ether oxygens (including phenoxy) is 5. The number of aliphatic hydroxyl groups excluding tert-OH is 3. The first kappa shape index (κ1) is 22.5. The molecule has 5 atom stereocenters. The number of hydrogen-bond donors (Lipinski definition) is 3. The van der Waals surface area contributed by atoms with Crippen LogP contribution in [0.15, 0.2) is 48.5 Å². The average molecular weight is 420 g/mol. The summed E-state index contributed by atoms with van der Waals surface area (Å²) in [5.74, 6) is 1.40. The summed E-state index contributed by atoms with van der Waals surface area (Å²) < 4.78 is 26.9. The standard InChI is InChI=1S/C22H28O8/c1-26-16-7-3-14(4-8-16)21(25)28-12-11-18(23)20(24)19-13-29-22(30-19)15-5-9-17(27-2)10-6-15/h3-10,18-25H,11-13H2,1-2H3. The second-order valence-electron chi connectivity index (χ2n) is 6.96. The smallest absolute Gasteiger partial charge is 0.184 e. The third-order valence-electron chi connectivity index (χ3n) is 4.96. The first-order chi connectivity index (χ1) is 14.5. The summed E-state index contributed by atoms with van der Waals surface area (Å²) in [4.78, 5) is 0. The maximum absolute atomic E-state index is 10.4. The van der Waals surface area contributed by atoms with E-state index in [1.54, 1.807) is 50.6 Å². The van der Waals surface area contributed by atoms with E-state index in [1.165, 1.54) is 0 Å². The minimum atomic E-state index is -1.14. The second kappa shape index (κ2) is 10.7. The highest BCUT2D eigenvalue weighted by molar-refractivity contribution is 5.28. The molecule has 3 rings (SSSR count). The lowest BCUT2D eigenvalue weighted by atomic mass is 10.1. The van der Waals surface area contributed by atoms with Crippen LogP contribution in [0.5, 0.6) is 11.5 Å². The molecule has 5 unspecified atom stereocenters. The summed E-state index contributed by atoms with van der Waals surface area (Å²) in [7, 11) is 3.15. The van der Waals surface area contributed by atoms with Gasteiger partial charge in [0.1, 0.15) is 23.7 Å². The highest BCUT2D eigenvalue weighted by atomic mass is 16.7. The lowest BCUT2D eigenvalue weighted by Gasteiger charge is -2.23. The Labute approximate surface area is 175 Å². The molecule has 1 heterocycles. The van der Waals surface area contributed by atoms with Gasteiger partial charge in [0.2, 0.25) is 0 Å². The van der Waals surface area contributed by atoms with Crippen molar-refractivity contribution < 1.29 is 39.0 Å². The first-order valence-electron chi connectivity index (χ1n) is 9.72. The van der Waals surface area contributed by atoms with E-state index in [0.717, 1.165) is 11.3 Å². The van der Waals surface area contributed by atoms with Crippen LogP contribution in [0.25, 0.3) is 0 Å². The van der Waals surface area contributed by atoms with Crippen molar-refractivity contribution in [3.8, 4) is 11.5 Å². The van der Waals surface area contributed by atoms with Crippen LogP contribution >= 0.6 is 0 Å². The van der Waals surface area contributed by atoms with Gasteiger partial charge in [-0.15, -0.1) is 0 Å². The van der Waals surface area contributed by atoms with Gasteiger partial charge in [0.15, 0.2) is 12.6 Å². The van der Waals surface area contributed by atoms with Gasteiger partial charge in [-0.2, -0.15) is 0 Å². The third kappa shape index (κ3) is 5.69. The molecule has 0 aromatic heterocycles. The quantitative estimate of drug-likeness (QED) is 0.501. The molecule has 8 heteroatoms. The van der Waals surface area contributed by atoms with Crippen molar-refractivity contribution in [1.29, 1.82) is 0 Å². The zero-order chi connectivity index (χ0) is 21.5. The van der Waals surface area contributed by atoms with Gasteiger partial charge in [-0.3, -0.25) is 0 Å². The van der Waals surface area contributed by atoms with E-state index < -0.39 is 30.9 Å². The second-order valence-corrected chi connectivity index (χ2v) is 6.96. The van der Waals surface area contributed by atoms with Crippen LogP contribution in [0.4, 0.5) is 0 Å². The van der Waals surface area contributed by atoms with E-state index in [1.807, 2.05) is 12.1 Å². The van der Waals surface area contributed by atoms with Gasteiger partial charge in [0.25, 0.3) is 0 Å². The first-order valence-corrected chi connectivity index (χ1v) is 9.72. The Kier molecular flexibility index (Phi) is 8.03. The Bertz CT molecular complexity index is 764. The lowest BCUT2D eigenvalue weighted by Crippen LogP contribution is -2.39. The van der Waals surface area contributed by atoms with Gasteiger partial charge in [-0.1, -0.05) is 24.3 Å². The molecule has 0 amide bonds. The van der Waals surface area contributed by atoms with Gasteiger partial charge in [0.05, 0.1) is 33.5 Å². The molecule has 8 nitrogen and oxygen atoms in total. The molecule has 0 radical (unpaired) electrons. The minimum Gasteiger partial charge on any atom is -0.497 e. The molecule has 0 aliphatic carbocycles. The molecule has 30 heavy (non-hydrogen) atoms. The van der Waals surface area contributed by atoms with E-state index in [0.29, 0.717) is 11.3 Å². The molecular formula is C22H28O8. The topological polar surface area (TPSA) is 107 Å². The molecule has 0 bridgehead atoms. The number of benzene rings is 2. The summed E-state index contributed by atoms with van der Waals surface area (Å²) in [6, 6.07) is 14.1. The third-order valence-corrected chi connectivity index (χ3v) is 4.96. The number of methoxy groups -OCH3 is 2. The van der Waals surface area contributed by atoms with Crippen LogP contribution in [-0.2, 0) is 14.2 Å². The molecule has 1 saturated heterocycles. The number of aliphatic hydroxyl groups is 3. The molecule has 1 fully saturated rings. The highest BCUT2D eigenvalue weighted by Crippen LogP contribution is 2.30. The van der Waals surface area contributed by atoms with E-state index in [9.17, 15) is 15.3 Å². The zero-order valence-corrected chi connectivity index (χ0v) is 17.0. The monoisotopic (exact) mass is 420 g/mol. The Morgan fingerprint density at radius 1 is 0.933 bits per heavy atom. The van der Waals surface area contributed by atoms with Crippen molar-refractivity contribution in [3.05, 3.63) is 59.7 Å². The van der Waals surface area contributed by atoms with Crippen molar-refractivity contribution >= 4 is 0 Å². The van der Waals surface area contributed by atoms with Crippen LogP contribution in [0.3, 0.4) is 0 Å². The number of hydrogen-bond acceptors (Lipinski definition) is 8. The summed E-state index contributed by atoms with van der Waals surface area (Å²) in [5.41, 5.74) is 1.37.